The van der Waals surface area contributed by atoms with Gasteiger partial charge in [-0.2, -0.15) is 0 Å². The second kappa shape index (κ2) is 43.1. The number of nitrogens with one attached hydrogen (secondary N) is 6. The number of β-amino-alcohol motifs (C(OH)–C–C–N with tert-alkyl or cyclic N) is 1. The van der Waals surface area contributed by atoms with E-state index in [0.717, 1.165) is 110 Å². The molecule has 0 aromatic rings. The Morgan fingerprint density at radius 3 is 0.960 bits per heavy atom. The molecule has 0 spiro atoms. The minimum absolute atomic E-state index is 0.000810. The average Bonchev–Trinajstić information content (AvgIpc) is 1.78. The molecule has 6 amide bonds. The first kappa shape index (κ1) is 94.4. The molecule has 0 aliphatic carbocycles. The van der Waals surface area contributed by atoms with E-state index in [9.17, 15) is 43.5 Å². The summed E-state index contributed by atoms with van der Waals surface area (Å²) in [5.41, 5.74) is 0.991. The van der Waals surface area contributed by atoms with Gasteiger partial charge >= 0.3 is 11.9 Å². The highest BCUT2D eigenvalue weighted by Crippen LogP contribution is 2.34. The molecule has 0 saturated carbocycles. The molecule has 6 saturated heterocycles. The van der Waals surface area contributed by atoms with E-state index < -0.39 is 6.10 Å². The van der Waals surface area contributed by atoms with Crippen LogP contribution in [-0.4, -0.2) is 304 Å². The number of ether oxygens (including phenoxy) is 3. The van der Waals surface area contributed by atoms with Gasteiger partial charge in [0.1, 0.15) is 13.1 Å². The SMILES string of the molecule is CNC1CCC(C)(C)CN(CC(=O)OC)C1=O.CNC1CCC(C)(C)CN(CC(=O)OC)C1=O.CNC1CCC(C)(C)CN(CC(C)(C)C)C1=O.CNC1CCC(C)(C)CN(CC(C)O)C1=O.CNC1CCC(C)(C)CN(CCOC)C1=O.CNC1CCC(C)(C)CN(CN(C)N(C)C)C1=O. The number of hydrogen-bond acceptors (Lipinski definition) is 20. The van der Waals surface area contributed by atoms with Gasteiger partial charge in [-0.25, -0.2) is 10.0 Å². The molecule has 6 rings (SSSR count). The fourth-order valence-electron chi connectivity index (χ4n) is 13.7. The van der Waals surface area contributed by atoms with Crippen LogP contribution in [0.4, 0.5) is 0 Å². The van der Waals surface area contributed by atoms with Crippen LogP contribution < -0.4 is 31.9 Å². The first-order valence-electron chi connectivity index (χ1n) is 37.0. The highest BCUT2D eigenvalue weighted by Gasteiger charge is 2.41. The molecule has 7 atom stereocenters. The number of hydrogen-bond donors (Lipinski definition) is 7. The predicted octanol–water partition coefficient (Wildman–Crippen LogP) is 5.12. The summed E-state index contributed by atoms with van der Waals surface area (Å²) in [6.07, 6.45) is 11.0. The molecule has 6 fully saturated rings. The van der Waals surface area contributed by atoms with E-state index >= 15 is 0 Å². The van der Waals surface area contributed by atoms with Crippen LogP contribution >= 0.6 is 0 Å². The third-order valence-corrected chi connectivity index (χ3v) is 20.0. The van der Waals surface area contributed by atoms with Gasteiger partial charge in [0.05, 0.1) is 69.9 Å². The Kier molecular flexibility index (Phi) is 40.3. The van der Waals surface area contributed by atoms with Crippen molar-refractivity contribution in [2.45, 2.75) is 230 Å². The summed E-state index contributed by atoms with van der Waals surface area (Å²) < 4.78 is 14.3. The normalized spacial score (nSPS) is 25.4. The second-order valence-corrected chi connectivity index (χ2v) is 35.1. The molecule has 0 aromatic carbocycles. The van der Waals surface area contributed by atoms with Crippen molar-refractivity contribution in [3.63, 3.8) is 0 Å². The zero-order valence-corrected chi connectivity index (χ0v) is 68.7. The van der Waals surface area contributed by atoms with Gasteiger partial charge in [0.25, 0.3) is 0 Å². The molecule has 26 heteroatoms. The highest BCUT2D eigenvalue weighted by atomic mass is 16.5. The molecule has 590 valence electrons. The maximum atomic E-state index is 12.4. The van der Waals surface area contributed by atoms with Crippen LogP contribution in [0.5, 0.6) is 0 Å². The Hall–Kier alpha value is -4.64. The quantitative estimate of drug-likeness (QED) is 0.0652. The maximum Gasteiger partial charge on any atom is 0.325 e. The number of hydrazine groups is 1. The number of carbonyl (C=O) groups excluding carboxylic acids is 8. The van der Waals surface area contributed by atoms with Crippen molar-refractivity contribution in [1.82, 2.24) is 71.3 Å². The Bertz CT molecular complexity index is 2480. The van der Waals surface area contributed by atoms with Gasteiger partial charge in [0, 0.05) is 87.2 Å². The van der Waals surface area contributed by atoms with Crippen LogP contribution in [0.1, 0.15) is 188 Å². The van der Waals surface area contributed by atoms with Crippen LogP contribution in [-0.2, 0) is 52.6 Å². The van der Waals surface area contributed by atoms with Crippen LogP contribution in [0.25, 0.3) is 0 Å². The Morgan fingerprint density at radius 1 is 0.446 bits per heavy atom. The third kappa shape index (κ3) is 34.9. The first-order chi connectivity index (χ1) is 46.5. The number of aliphatic hydroxyl groups excluding tert-OH is 1. The molecular weight excluding hydrogens is 1290 g/mol. The van der Waals surface area contributed by atoms with Crippen molar-refractivity contribution in [3.8, 4) is 0 Å². The lowest BCUT2D eigenvalue weighted by atomic mass is 9.87. The summed E-state index contributed by atoms with van der Waals surface area (Å²) in [4.78, 5) is 107. The lowest BCUT2D eigenvalue weighted by Crippen LogP contribution is -2.51. The van der Waals surface area contributed by atoms with E-state index in [-0.39, 0.29) is 135 Å². The van der Waals surface area contributed by atoms with Gasteiger partial charge in [-0.15, -0.1) is 0 Å². The van der Waals surface area contributed by atoms with Crippen molar-refractivity contribution in [2.75, 3.05) is 170 Å². The summed E-state index contributed by atoms with van der Waals surface area (Å²) in [6.45, 7) is 42.3. The fraction of sp³-hybridized carbons (Fsp3) is 0.893. The molecule has 0 aromatic heterocycles. The molecule has 6 heterocycles. The van der Waals surface area contributed by atoms with Gasteiger partial charge in [-0.1, -0.05) is 104 Å². The van der Waals surface area contributed by atoms with Gasteiger partial charge in [0.2, 0.25) is 35.4 Å². The molecule has 7 N–H and O–H groups in total. The van der Waals surface area contributed by atoms with Crippen LogP contribution in [0, 0.1) is 37.9 Å². The monoisotopic (exact) mass is 1440 g/mol. The predicted molar refractivity (Wildman–Crippen MR) is 403 cm³/mol. The van der Waals surface area contributed by atoms with E-state index in [1.807, 2.05) is 74.1 Å². The molecule has 0 radical (unpaired) electrons. The molecule has 101 heavy (non-hydrogen) atoms. The first-order valence-corrected chi connectivity index (χ1v) is 37.0. The van der Waals surface area contributed by atoms with Gasteiger partial charge < -0.3 is 80.6 Å². The van der Waals surface area contributed by atoms with E-state index in [1.165, 1.54) is 14.2 Å². The smallest absolute Gasteiger partial charge is 0.325 e. The average molecular weight is 1440 g/mol. The fourth-order valence-corrected chi connectivity index (χ4v) is 13.7. The molecule has 7 unspecified atom stereocenters. The van der Waals surface area contributed by atoms with Gasteiger partial charge in [0.15, 0.2) is 0 Å². The number of esters is 2. The Labute approximate surface area is 612 Å². The Morgan fingerprint density at radius 2 is 0.693 bits per heavy atom. The molecule has 6 aliphatic rings. The van der Waals surface area contributed by atoms with Crippen LogP contribution in [0.15, 0.2) is 0 Å². The lowest BCUT2D eigenvalue weighted by Gasteiger charge is -2.35. The van der Waals surface area contributed by atoms with Gasteiger partial charge in [-0.3, -0.25) is 38.4 Å². The van der Waals surface area contributed by atoms with E-state index in [2.05, 4.69) is 145 Å². The molecular formula is C75H148N14O12. The number of methoxy groups -OCH3 is 3. The van der Waals surface area contributed by atoms with E-state index in [1.54, 1.807) is 42.8 Å². The maximum absolute atomic E-state index is 12.4. The van der Waals surface area contributed by atoms with Crippen molar-refractivity contribution in [1.29, 1.82) is 0 Å². The van der Waals surface area contributed by atoms with Crippen molar-refractivity contribution < 1.29 is 57.7 Å². The highest BCUT2D eigenvalue weighted by molar-refractivity contribution is 5.87. The zero-order valence-electron chi connectivity index (χ0n) is 68.7. The zero-order chi connectivity index (χ0) is 77.8. The van der Waals surface area contributed by atoms with Crippen LogP contribution in [0.3, 0.4) is 0 Å². The Balaban J connectivity index is 0.000000606. The number of aliphatic hydroxyl groups is 1. The topological polar surface area (TPSA) is 283 Å². The summed E-state index contributed by atoms with van der Waals surface area (Å²) in [7, 11) is 21.3. The van der Waals surface area contributed by atoms with Crippen molar-refractivity contribution in [2.24, 2.45) is 37.9 Å². The summed E-state index contributed by atoms with van der Waals surface area (Å²) >= 11 is 0. The lowest BCUT2D eigenvalue weighted by molar-refractivity contribution is -0.148. The summed E-state index contributed by atoms with van der Waals surface area (Å²) in [5.74, 6) is 0.0626. The summed E-state index contributed by atoms with van der Waals surface area (Å²) in [6, 6.07) is -0.552. The van der Waals surface area contributed by atoms with Crippen molar-refractivity contribution >= 4 is 47.4 Å². The van der Waals surface area contributed by atoms with Crippen LogP contribution in [0.2, 0.25) is 0 Å². The number of likely N-dealkylation sites (tertiary alicyclic amines) is 6. The van der Waals surface area contributed by atoms with Gasteiger partial charge in [-0.05, 0) is 164 Å². The molecule has 26 nitrogen and oxygen atoms in total. The second-order valence-electron chi connectivity index (χ2n) is 35.1. The standard InChI is InChI=1S/C14H28N2O.C13H28N4O.2C12H22N2O3.2C12H24N2O2/c1-13(2,3)9-16-10-14(4,5)8-7-11(15-6)12(16)17;1-13(2)8-7-11(14-3)12(18)17(9-13)10-16(6)15(4)5;2*1-12(2)6-5-9(13-3)11(16)14(8-12)7-10(15)17-4;1-9(15)7-14-8-12(2,3)6-5-10(13-4)11(14)16;1-12(2)6-5-10(13-3)11(15)14(9-12)7-8-16-4/h11,15H,7-10H2,1-6H3;11,14H,7-10H2,1-6H3;2*9,13H,5-8H2,1-4H3;9-10,13,15H,5-8H2,1-4H3;10,13H,5-9H2,1-4H3. The third-order valence-electron chi connectivity index (χ3n) is 20.0. The number of amides is 6. The summed E-state index contributed by atoms with van der Waals surface area (Å²) in [5, 5.41) is 32.0. The number of rotatable bonds is 19. The minimum Gasteiger partial charge on any atom is -0.468 e. The number of nitrogens with zero attached hydrogens (tertiary/aromatic N) is 8. The minimum atomic E-state index is -0.463. The van der Waals surface area contributed by atoms with Crippen molar-refractivity contribution in [3.05, 3.63) is 0 Å². The molecule has 6 aliphatic heterocycles. The van der Waals surface area contributed by atoms with E-state index in [0.29, 0.717) is 39.5 Å². The molecule has 0 bridgehead atoms. The number of carbonyl (C=O) groups is 8. The number of likely N-dealkylation sites (N-methyl/N-ethyl adjacent to an activating group) is 6. The van der Waals surface area contributed by atoms with E-state index in [4.69, 9.17) is 4.74 Å². The largest absolute Gasteiger partial charge is 0.468 e.